The first-order chi connectivity index (χ1) is 7.02. The van der Waals surface area contributed by atoms with Gasteiger partial charge >= 0.3 is 0 Å². The maximum atomic E-state index is 10.7. The van der Waals surface area contributed by atoms with Crippen molar-refractivity contribution in [1.29, 1.82) is 0 Å². The van der Waals surface area contributed by atoms with E-state index in [4.69, 9.17) is 23.1 Å². The summed E-state index contributed by atoms with van der Waals surface area (Å²) in [5, 5.41) is 3.61. The fourth-order valence-corrected chi connectivity index (χ4v) is 1.46. The fraction of sp³-hybridized carbons (Fsp3) is 0.300. The van der Waals surface area contributed by atoms with E-state index in [0.717, 1.165) is 11.3 Å². The number of amides is 1. The Hall–Kier alpha value is -1.26. The molecule has 82 valence electrons. The summed E-state index contributed by atoms with van der Waals surface area (Å²) >= 11 is 5.97. The molecule has 1 aromatic rings. The first kappa shape index (κ1) is 11.8. The third-order valence-electron chi connectivity index (χ3n) is 2.09. The number of aryl methyl sites for hydroxylation is 1. The van der Waals surface area contributed by atoms with Crippen molar-refractivity contribution in [1.82, 2.24) is 0 Å². The summed E-state index contributed by atoms with van der Waals surface area (Å²) in [6.45, 7) is 2.20. The number of primary amides is 1. The average Bonchev–Trinajstić information content (AvgIpc) is 2.16. The van der Waals surface area contributed by atoms with Crippen LogP contribution in [0.5, 0.6) is 0 Å². The van der Waals surface area contributed by atoms with Crippen molar-refractivity contribution in [2.75, 3.05) is 11.9 Å². The molecule has 0 heterocycles. The molecule has 0 aliphatic rings. The molecular formula is C10H14ClN3O. The summed E-state index contributed by atoms with van der Waals surface area (Å²) in [4.78, 5) is 10.7. The van der Waals surface area contributed by atoms with Gasteiger partial charge in [0.25, 0.3) is 0 Å². The number of anilines is 1. The smallest absolute Gasteiger partial charge is 0.236 e. The predicted octanol–water partition coefficient (Wildman–Crippen LogP) is 0.873. The van der Waals surface area contributed by atoms with Gasteiger partial charge in [0.15, 0.2) is 0 Å². The van der Waals surface area contributed by atoms with E-state index in [1.165, 1.54) is 0 Å². The highest BCUT2D eigenvalue weighted by atomic mass is 35.5. The molecule has 0 saturated carbocycles. The molecule has 1 rings (SSSR count). The van der Waals surface area contributed by atoms with E-state index >= 15 is 0 Å². The quantitative estimate of drug-likeness (QED) is 0.714. The summed E-state index contributed by atoms with van der Waals surface area (Å²) in [6, 6.07) is 4.84. The Morgan fingerprint density at radius 2 is 2.27 bits per heavy atom. The van der Waals surface area contributed by atoms with E-state index in [1.54, 1.807) is 6.07 Å². The number of halogens is 1. The second kappa shape index (κ2) is 5.00. The van der Waals surface area contributed by atoms with E-state index < -0.39 is 11.9 Å². The lowest BCUT2D eigenvalue weighted by Gasteiger charge is -2.13. The summed E-state index contributed by atoms with van der Waals surface area (Å²) in [5.74, 6) is -0.535. The maximum absolute atomic E-state index is 10.7. The Bertz CT molecular complexity index is 347. The molecule has 0 aliphatic heterocycles. The topological polar surface area (TPSA) is 81.1 Å². The van der Waals surface area contributed by atoms with Crippen LogP contribution >= 0.6 is 11.6 Å². The zero-order valence-corrected chi connectivity index (χ0v) is 9.21. The van der Waals surface area contributed by atoms with Crippen molar-refractivity contribution in [3.63, 3.8) is 0 Å². The van der Waals surface area contributed by atoms with Crippen molar-refractivity contribution in [3.8, 4) is 0 Å². The van der Waals surface area contributed by atoms with Gasteiger partial charge in [-0.25, -0.2) is 0 Å². The lowest BCUT2D eigenvalue weighted by Crippen LogP contribution is -2.41. The van der Waals surface area contributed by atoms with Crippen molar-refractivity contribution < 1.29 is 4.79 Å². The lowest BCUT2D eigenvalue weighted by atomic mass is 10.2. The second-order valence-corrected chi connectivity index (χ2v) is 3.73. The Labute approximate surface area is 93.6 Å². The average molecular weight is 228 g/mol. The number of carbonyl (C=O) groups is 1. The van der Waals surface area contributed by atoms with Crippen molar-refractivity contribution in [3.05, 3.63) is 28.8 Å². The van der Waals surface area contributed by atoms with Crippen molar-refractivity contribution >= 4 is 23.2 Å². The molecule has 0 saturated heterocycles. The molecule has 0 spiro atoms. The van der Waals surface area contributed by atoms with Crippen LogP contribution in [0.15, 0.2) is 18.2 Å². The Kier molecular flexibility index (Phi) is 3.94. The van der Waals surface area contributed by atoms with Crippen LogP contribution in [-0.4, -0.2) is 18.5 Å². The number of para-hydroxylation sites is 1. The Balaban J connectivity index is 2.69. The molecule has 4 nitrogen and oxygen atoms in total. The number of nitrogens with two attached hydrogens (primary N) is 2. The van der Waals surface area contributed by atoms with Crippen LogP contribution < -0.4 is 16.8 Å². The molecule has 0 fully saturated rings. The number of nitrogens with one attached hydrogen (secondary N) is 1. The zero-order chi connectivity index (χ0) is 11.4. The molecule has 0 bridgehead atoms. The molecule has 15 heavy (non-hydrogen) atoms. The van der Waals surface area contributed by atoms with Crippen LogP contribution in [0.25, 0.3) is 0 Å². The van der Waals surface area contributed by atoms with E-state index in [1.807, 2.05) is 19.1 Å². The van der Waals surface area contributed by atoms with Crippen LogP contribution in [0.2, 0.25) is 5.02 Å². The van der Waals surface area contributed by atoms with Gasteiger partial charge in [0.05, 0.1) is 10.7 Å². The molecule has 1 aromatic carbocycles. The third kappa shape index (κ3) is 3.11. The van der Waals surface area contributed by atoms with Gasteiger partial charge in [-0.2, -0.15) is 0 Å². The number of hydrogen-bond donors (Lipinski definition) is 3. The molecular weight excluding hydrogens is 214 g/mol. The third-order valence-corrected chi connectivity index (χ3v) is 2.40. The van der Waals surface area contributed by atoms with Crippen LogP contribution in [-0.2, 0) is 4.79 Å². The van der Waals surface area contributed by atoms with Gasteiger partial charge in [-0.15, -0.1) is 0 Å². The van der Waals surface area contributed by atoms with Gasteiger partial charge < -0.3 is 16.8 Å². The number of carbonyl (C=O) groups excluding carboxylic acids is 1. The van der Waals surface area contributed by atoms with Gasteiger partial charge in [0, 0.05) is 6.54 Å². The highest BCUT2D eigenvalue weighted by molar-refractivity contribution is 6.33. The van der Waals surface area contributed by atoms with Crippen LogP contribution in [0.3, 0.4) is 0 Å². The number of benzene rings is 1. The van der Waals surface area contributed by atoms with Gasteiger partial charge in [-0.1, -0.05) is 23.7 Å². The summed E-state index contributed by atoms with van der Waals surface area (Å²) in [5.41, 5.74) is 12.3. The molecule has 1 atom stereocenters. The van der Waals surface area contributed by atoms with Gasteiger partial charge in [0.2, 0.25) is 5.91 Å². The Morgan fingerprint density at radius 1 is 1.60 bits per heavy atom. The highest BCUT2D eigenvalue weighted by Gasteiger charge is 2.10. The number of hydrogen-bond acceptors (Lipinski definition) is 3. The molecule has 5 heteroatoms. The molecule has 0 aromatic heterocycles. The van der Waals surface area contributed by atoms with Gasteiger partial charge in [0.1, 0.15) is 6.04 Å². The van der Waals surface area contributed by atoms with Crippen molar-refractivity contribution in [2.45, 2.75) is 13.0 Å². The molecule has 5 N–H and O–H groups in total. The van der Waals surface area contributed by atoms with E-state index in [2.05, 4.69) is 5.32 Å². The molecule has 1 amide bonds. The molecule has 1 unspecified atom stereocenters. The van der Waals surface area contributed by atoms with Crippen molar-refractivity contribution in [2.24, 2.45) is 11.5 Å². The standard InChI is InChI=1S/C10H14ClN3O/c1-6-3-2-4-7(11)9(6)14-5-8(12)10(13)15/h2-4,8,14H,5,12H2,1H3,(H2,13,15). The summed E-state index contributed by atoms with van der Waals surface area (Å²) in [6.07, 6.45) is 0. The first-order valence-corrected chi connectivity index (χ1v) is 4.94. The molecule has 0 radical (unpaired) electrons. The minimum absolute atomic E-state index is 0.278. The lowest BCUT2D eigenvalue weighted by molar-refractivity contribution is -0.118. The van der Waals surface area contributed by atoms with E-state index in [-0.39, 0.29) is 6.54 Å². The summed E-state index contributed by atoms with van der Waals surface area (Å²) < 4.78 is 0. The van der Waals surface area contributed by atoms with Crippen LogP contribution in [0.1, 0.15) is 5.56 Å². The fourth-order valence-electron chi connectivity index (χ4n) is 1.17. The SMILES string of the molecule is Cc1cccc(Cl)c1NCC(N)C(N)=O. The summed E-state index contributed by atoms with van der Waals surface area (Å²) in [7, 11) is 0. The normalized spacial score (nSPS) is 12.2. The van der Waals surface area contributed by atoms with E-state index in [9.17, 15) is 4.79 Å². The minimum Gasteiger partial charge on any atom is -0.382 e. The van der Waals surface area contributed by atoms with Crippen LogP contribution in [0, 0.1) is 6.92 Å². The monoisotopic (exact) mass is 227 g/mol. The van der Waals surface area contributed by atoms with Gasteiger partial charge in [-0.05, 0) is 18.6 Å². The molecule has 0 aliphatic carbocycles. The van der Waals surface area contributed by atoms with E-state index in [0.29, 0.717) is 5.02 Å². The zero-order valence-electron chi connectivity index (χ0n) is 8.46. The maximum Gasteiger partial charge on any atom is 0.236 e. The minimum atomic E-state index is -0.708. The second-order valence-electron chi connectivity index (χ2n) is 3.32. The predicted molar refractivity (Wildman–Crippen MR) is 61.8 cm³/mol. The number of rotatable bonds is 4. The van der Waals surface area contributed by atoms with Gasteiger partial charge in [-0.3, -0.25) is 4.79 Å². The first-order valence-electron chi connectivity index (χ1n) is 4.56. The Morgan fingerprint density at radius 3 is 2.80 bits per heavy atom. The largest absolute Gasteiger partial charge is 0.382 e. The van der Waals surface area contributed by atoms with Crippen LogP contribution in [0.4, 0.5) is 5.69 Å². The highest BCUT2D eigenvalue weighted by Crippen LogP contribution is 2.24.